The molecule has 0 amide bonds. The lowest BCUT2D eigenvalue weighted by Gasteiger charge is -2.48. The third-order valence-corrected chi connectivity index (χ3v) is 4.36. The monoisotopic (exact) mass is 203 g/mol. The first-order valence-electron chi connectivity index (χ1n) is 5.66. The zero-order valence-electron chi connectivity index (χ0n) is 8.57. The van der Waals surface area contributed by atoms with Gasteiger partial charge in [-0.05, 0) is 43.6 Å². The third-order valence-electron chi connectivity index (χ3n) is 4.36. The fourth-order valence-corrected chi connectivity index (χ4v) is 2.91. The summed E-state index contributed by atoms with van der Waals surface area (Å²) in [5, 5.41) is 0. The molecule has 0 bridgehead atoms. The lowest BCUT2D eigenvalue weighted by atomic mass is 9.58. The largest absolute Gasteiger partial charge is 0.330 e. The summed E-state index contributed by atoms with van der Waals surface area (Å²) in [6.45, 7) is 0.605. The quantitative estimate of drug-likeness (QED) is 0.733. The average Bonchev–Trinajstić information content (AvgIpc) is 2.06. The number of hydrogen-bond acceptors (Lipinski definition) is 1. The van der Waals surface area contributed by atoms with Crippen LogP contribution in [0.15, 0.2) is 0 Å². The first-order valence-corrected chi connectivity index (χ1v) is 5.66. The van der Waals surface area contributed by atoms with Crippen LogP contribution >= 0.6 is 0 Å². The van der Waals surface area contributed by atoms with Gasteiger partial charge < -0.3 is 5.73 Å². The average molecular weight is 203 g/mol. The fraction of sp³-hybridized carbons (Fsp3) is 1.00. The van der Waals surface area contributed by atoms with E-state index in [0.717, 1.165) is 0 Å². The Balaban J connectivity index is 2.01. The highest BCUT2D eigenvalue weighted by molar-refractivity contribution is 4.96. The van der Waals surface area contributed by atoms with Crippen LogP contribution in [-0.2, 0) is 0 Å². The molecule has 0 saturated heterocycles. The fourth-order valence-electron chi connectivity index (χ4n) is 2.91. The van der Waals surface area contributed by atoms with E-state index >= 15 is 0 Å². The summed E-state index contributed by atoms with van der Waals surface area (Å²) in [5.41, 5.74) is 5.86. The minimum Gasteiger partial charge on any atom is -0.330 e. The van der Waals surface area contributed by atoms with Crippen molar-refractivity contribution in [1.82, 2.24) is 0 Å². The van der Waals surface area contributed by atoms with Crippen molar-refractivity contribution in [2.24, 2.45) is 17.1 Å². The molecule has 0 aromatic rings. The molecule has 0 aromatic carbocycles. The van der Waals surface area contributed by atoms with Gasteiger partial charge in [-0.1, -0.05) is 6.42 Å². The Hall–Kier alpha value is -0.180. The van der Waals surface area contributed by atoms with Gasteiger partial charge in [0.25, 0.3) is 0 Å². The lowest BCUT2D eigenvalue weighted by Crippen LogP contribution is -2.46. The number of hydrogen-bond donors (Lipinski definition) is 1. The smallest absolute Gasteiger partial charge is 0.248 e. The molecule has 2 N–H and O–H groups in total. The van der Waals surface area contributed by atoms with Gasteiger partial charge in [-0.25, -0.2) is 8.78 Å². The summed E-state index contributed by atoms with van der Waals surface area (Å²) in [4.78, 5) is 0. The SMILES string of the molecule is NCC1(C2CCC2)CCC(F)(F)CC1. The van der Waals surface area contributed by atoms with Gasteiger partial charge in [-0.3, -0.25) is 0 Å². The molecular formula is C11H19F2N. The molecule has 1 nitrogen and oxygen atoms in total. The van der Waals surface area contributed by atoms with E-state index in [1.165, 1.54) is 19.3 Å². The molecule has 0 heterocycles. The van der Waals surface area contributed by atoms with Crippen molar-refractivity contribution in [3.63, 3.8) is 0 Å². The van der Waals surface area contributed by atoms with Crippen LogP contribution in [0.1, 0.15) is 44.9 Å². The van der Waals surface area contributed by atoms with E-state index in [2.05, 4.69) is 0 Å². The summed E-state index contributed by atoms with van der Waals surface area (Å²) >= 11 is 0. The molecule has 2 aliphatic rings. The van der Waals surface area contributed by atoms with E-state index in [1.807, 2.05) is 0 Å². The Morgan fingerprint density at radius 1 is 1.07 bits per heavy atom. The Morgan fingerprint density at radius 2 is 1.64 bits per heavy atom. The maximum absolute atomic E-state index is 13.0. The molecule has 0 aromatic heterocycles. The minimum atomic E-state index is -2.41. The second-order valence-corrected chi connectivity index (χ2v) is 5.05. The van der Waals surface area contributed by atoms with E-state index < -0.39 is 5.92 Å². The van der Waals surface area contributed by atoms with Crippen LogP contribution < -0.4 is 5.73 Å². The molecule has 0 atom stereocenters. The second kappa shape index (κ2) is 3.44. The van der Waals surface area contributed by atoms with Crippen LogP contribution in [-0.4, -0.2) is 12.5 Å². The standard InChI is InChI=1S/C11H19F2N/c12-11(13)6-4-10(8-14,5-7-11)9-2-1-3-9/h9H,1-8,14H2. The molecule has 2 saturated carbocycles. The van der Waals surface area contributed by atoms with Gasteiger partial charge in [-0.15, -0.1) is 0 Å². The molecule has 14 heavy (non-hydrogen) atoms. The summed E-state index contributed by atoms with van der Waals surface area (Å²) in [6.07, 6.45) is 5.08. The molecule has 0 radical (unpaired) electrons. The number of halogens is 2. The van der Waals surface area contributed by atoms with Crippen LogP contribution in [0.4, 0.5) is 8.78 Å². The summed E-state index contributed by atoms with van der Waals surface area (Å²) in [7, 11) is 0. The van der Waals surface area contributed by atoms with Crippen molar-refractivity contribution in [1.29, 1.82) is 0 Å². The van der Waals surface area contributed by atoms with Crippen LogP contribution in [0.5, 0.6) is 0 Å². The Morgan fingerprint density at radius 3 is 2.00 bits per heavy atom. The molecule has 2 fully saturated rings. The Kier molecular flexibility index (Phi) is 2.54. The predicted molar refractivity (Wildman–Crippen MR) is 52.2 cm³/mol. The van der Waals surface area contributed by atoms with Crippen LogP contribution in [0.2, 0.25) is 0 Å². The maximum atomic E-state index is 13.0. The van der Waals surface area contributed by atoms with Crippen LogP contribution in [0.3, 0.4) is 0 Å². The van der Waals surface area contributed by atoms with Gasteiger partial charge in [0.05, 0.1) is 0 Å². The van der Waals surface area contributed by atoms with Crippen molar-refractivity contribution in [2.75, 3.05) is 6.54 Å². The van der Waals surface area contributed by atoms with Crippen molar-refractivity contribution < 1.29 is 8.78 Å². The van der Waals surface area contributed by atoms with Crippen LogP contribution in [0.25, 0.3) is 0 Å². The van der Waals surface area contributed by atoms with E-state index in [4.69, 9.17) is 5.73 Å². The van der Waals surface area contributed by atoms with Gasteiger partial charge in [-0.2, -0.15) is 0 Å². The zero-order chi connectivity index (χ0) is 10.2. The molecule has 82 valence electrons. The van der Waals surface area contributed by atoms with Crippen molar-refractivity contribution in [2.45, 2.75) is 50.9 Å². The molecule has 0 unspecified atom stereocenters. The van der Waals surface area contributed by atoms with E-state index in [9.17, 15) is 8.78 Å². The van der Waals surface area contributed by atoms with Gasteiger partial charge in [0.2, 0.25) is 5.92 Å². The minimum absolute atomic E-state index is 0.0562. The Labute approximate surface area is 84.0 Å². The van der Waals surface area contributed by atoms with E-state index in [0.29, 0.717) is 25.3 Å². The molecule has 2 rings (SSSR count). The van der Waals surface area contributed by atoms with Gasteiger partial charge >= 0.3 is 0 Å². The van der Waals surface area contributed by atoms with Crippen molar-refractivity contribution in [3.8, 4) is 0 Å². The molecular weight excluding hydrogens is 184 g/mol. The molecule has 0 spiro atoms. The summed E-state index contributed by atoms with van der Waals surface area (Å²) in [6, 6.07) is 0. The van der Waals surface area contributed by atoms with Crippen molar-refractivity contribution >= 4 is 0 Å². The highest BCUT2D eigenvalue weighted by atomic mass is 19.3. The third kappa shape index (κ3) is 1.67. The summed E-state index contributed by atoms with van der Waals surface area (Å²) in [5.74, 6) is -1.77. The maximum Gasteiger partial charge on any atom is 0.248 e. The lowest BCUT2D eigenvalue weighted by molar-refractivity contribution is -0.0880. The highest BCUT2D eigenvalue weighted by Crippen LogP contribution is 2.52. The van der Waals surface area contributed by atoms with Crippen LogP contribution in [0, 0.1) is 11.3 Å². The normalized spacial score (nSPS) is 31.1. The number of alkyl halides is 2. The van der Waals surface area contributed by atoms with E-state index in [1.54, 1.807) is 0 Å². The highest BCUT2D eigenvalue weighted by Gasteiger charge is 2.47. The van der Waals surface area contributed by atoms with Gasteiger partial charge in [0, 0.05) is 12.8 Å². The van der Waals surface area contributed by atoms with Crippen molar-refractivity contribution in [3.05, 3.63) is 0 Å². The molecule has 3 heteroatoms. The van der Waals surface area contributed by atoms with Gasteiger partial charge in [0.1, 0.15) is 0 Å². The van der Waals surface area contributed by atoms with E-state index in [-0.39, 0.29) is 18.3 Å². The first kappa shape index (κ1) is 10.3. The molecule has 0 aliphatic heterocycles. The predicted octanol–water partition coefficient (Wildman–Crippen LogP) is 2.94. The zero-order valence-corrected chi connectivity index (χ0v) is 8.57. The first-order chi connectivity index (χ1) is 6.58. The Bertz CT molecular complexity index is 201. The van der Waals surface area contributed by atoms with Gasteiger partial charge in [0.15, 0.2) is 0 Å². The topological polar surface area (TPSA) is 26.0 Å². The number of rotatable bonds is 2. The second-order valence-electron chi connectivity index (χ2n) is 5.05. The number of nitrogens with two attached hydrogens (primary N) is 1. The summed E-state index contributed by atoms with van der Waals surface area (Å²) < 4.78 is 26.1. The molecule has 2 aliphatic carbocycles.